The van der Waals surface area contributed by atoms with Gasteiger partial charge in [-0.25, -0.2) is 4.98 Å². The van der Waals surface area contributed by atoms with E-state index in [4.69, 9.17) is 9.72 Å². The molecule has 1 spiro atoms. The maximum Gasteiger partial charge on any atom is 0.270 e. The minimum absolute atomic E-state index is 0.126. The Morgan fingerprint density at radius 3 is 2.28 bits per heavy atom. The van der Waals surface area contributed by atoms with Gasteiger partial charge in [0.2, 0.25) is 0 Å². The van der Waals surface area contributed by atoms with E-state index in [9.17, 15) is 4.79 Å². The van der Waals surface area contributed by atoms with Crippen molar-refractivity contribution < 1.29 is 9.53 Å². The number of ether oxygens (including phenoxy) is 1. The minimum atomic E-state index is -0.126. The van der Waals surface area contributed by atoms with Crippen LogP contribution >= 0.6 is 0 Å². The van der Waals surface area contributed by atoms with Crippen LogP contribution in [-0.2, 0) is 25.3 Å². The number of aryl methyl sites for hydroxylation is 2. The van der Waals surface area contributed by atoms with E-state index >= 15 is 0 Å². The summed E-state index contributed by atoms with van der Waals surface area (Å²) in [6.45, 7) is 3.69. The zero-order valence-corrected chi connectivity index (χ0v) is 20.9. The Hall–Kier alpha value is -3.78. The van der Waals surface area contributed by atoms with Crippen LogP contribution in [-0.4, -0.2) is 49.7 Å². The molecule has 36 heavy (non-hydrogen) atoms. The predicted octanol–water partition coefficient (Wildman–Crippen LogP) is 3.69. The van der Waals surface area contributed by atoms with E-state index in [0.29, 0.717) is 17.5 Å². The summed E-state index contributed by atoms with van der Waals surface area (Å²) in [5.74, 6) is -0.126. The monoisotopic (exact) mass is 482 g/mol. The Labute approximate surface area is 210 Å². The number of pyridine rings is 1. The highest BCUT2D eigenvalue weighted by atomic mass is 16.5. The molecule has 0 bridgehead atoms. The first-order valence-electron chi connectivity index (χ1n) is 12.4. The molecule has 8 nitrogen and oxygen atoms in total. The zero-order valence-electron chi connectivity index (χ0n) is 20.9. The number of carbonyl (C=O) groups excluding carboxylic acids is 1. The number of hydrogen-bond acceptors (Lipinski definition) is 5. The van der Waals surface area contributed by atoms with Gasteiger partial charge in [0, 0.05) is 43.5 Å². The average molecular weight is 483 g/mol. The lowest BCUT2D eigenvalue weighted by atomic mass is 9.64. The number of carbonyl (C=O) groups is 1. The van der Waals surface area contributed by atoms with E-state index in [2.05, 4.69) is 46.7 Å². The maximum absolute atomic E-state index is 13.2. The van der Waals surface area contributed by atoms with Crippen molar-refractivity contribution in [1.29, 1.82) is 0 Å². The van der Waals surface area contributed by atoms with Gasteiger partial charge in [-0.05, 0) is 61.1 Å². The van der Waals surface area contributed by atoms with Crippen LogP contribution in [0.4, 0.5) is 0 Å². The lowest BCUT2D eigenvalue weighted by Crippen LogP contribution is -2.59. The molecule has 1 aliphatic carbocycles. The highest BCUT2D eigenvalue weighted by Gasteiger charge is 2.50. The normalized spacial score (nSPS) is 16.5. The summed E-state index contributed by atoms with van der Waals surface area (Å²) in [6.07, 6.45) is 6.49. The highest BCUT2D eigenvalue weighted by molar-refractivity contribution is 5.93. The van der Waals surface area contributed by atoms with Crippen LogP contribution in [0.3, 0.4) is 0 Å². The second kappa shape index (κ2) is 8.71. The van der Waals surface area contributed by atoms with Gasteiger partial charge in [-0.15, -0.1) is 0 Å². The van der Waals surface area contributed by atoms with Crippen molar-refractivity contribution in [1.82, 2.24) is 29.9 Å². The first kappa shape index (κ1) is 22.7. The van der Waals surface area contributed by atoms with Crippen molar-refractivity contribution in [3.8, 4) is 22.6 Å². The Kier molecular flexibility index (Phi) is 5.48. The highest BCUT2D eigenvalue weighted by Crippen LogP contribution is 2.46. The van der Waals surface area contributed by atoms with Crippen molar-refractivity contribution in [3.63, 3.8) is 0 Å². The van der Waals surface area contributed by atoms with Gasteiger partial charge in [-0.2, -0.15) is 10.2 Å². The maximum atomic E-state index is 13.2. The smallest absolute Gasteiger partial charge is 0.270 e. The lowest BCUT2D eigenvalue weighted by Gasteiger charge is -2.53. The predicted molar refractivity (Wildman–Crippen MR) is 136 cm³/mol. The largest absolute Gasteiger partial charge is 0.380 e. The molecular formula is C28H30N6O2. The molecule has 1 N–H and O–H groups in total. The van der Waals surface area contributed by atoms with Gasteiger partial charge in [0.15, 0.2) is 0 Å². The molecule has 8 heteroatoms. The van der Waals surface area contributed by atoms with Gasteiger partial charge >= 0.3 is 0 Å². The van der Waals surface area contributed by atoms with E-state index in [0.717, 1.165) is 65.4 Å². The summed E-state index contributed by atoms with van der Waals surface area (Å²) >= 11 is 0. The van der Waals surface area contributed by atoms with Crippen LogP contribution in [0.1, 0.15) is 40.0 Å². The molecular weight excluding hydrogens is 452 g/mol. The van der Waals surface area contributed by atoms with Crippen molar-refractivity contribution in [3.05, 3.63) is 77.2 Å². The van der Waals surface area contributed by atoms with Crippen LogP contribution in [0, 0.1) is 12.3 Å². The van der Waals surface area contributed by atoms with E-state index < -0.39 is 0 Å². The van der Waals surface area contributed by atoms with Crippen LogP contribution in [0.2, 0.25) is 0 Å². The first-order valence-corrected chi connectivity index (χ1v) is 12.4. The van der Waals surface area contributed by atoms with Gasteiger partial charge in [-0.1, -0.05) is 24.3 Å². The molecule has 1 amide bonds. The van der Waals surface area contributed by atoms with Crippen LogP contribution in [0.25, 0.3) is 22.6 Å². The number of aromatic nitrogens is 5. The Morgan fingerprint density at radius 2 is 1.69 bits per heavy atom. The molecule has 4 heterocycles. The van der Waals surface area contributed by atoms with E-state index in [1.165, 1.54) is 0 Å². The van der Waals surface area contributed by atoms with Gasteiger partial charge in [0.1, 0.15) is 11.4 Å². The molecule has 1 saturated heterocycles. The van der Waals surface area contributed by atoms with Gasteiger partial charge in [0.05, 0.1) is 24.6 Å². The zero-order chi connectivity index (χ0) is 24.9. The number of hydrogen-bond donors (Lipinski definition) is 1. The fourth-order valence-electron chi connectivity index (χ4n) is 5.31. The van der Waals surface area contributed by atoms with Crippen molar-refractivity contribution in [2.45, 2.75) is 32.2 Å². The molecule has 0 unspecified atom stereocenters. The molecule has 1 saturated carbocycles. The lowest BCUT2D eigenvalue weighted by molar-refractivity contribution is -0.165. The Balaban J connectivity index is 1.28. The summed E-state index contributed by atoms with van der Waals surface area (Å²) < 4.78 is 8.93. The second-order valence-corrected chi connectivity index (χ2v) is 10.3. The summed E-state index contributed by atoms with van der Waals surface area (Å²) in [6, 6.07) is 14.5. The summed E-state index contributed by atoms with van der Waals surface area (Å²) in [4.78, 5) is 18.0. The average Bonchev–Trinajstić information content (AvgIpc) is 3.44. The van der Waals surface area contributed by atoms with Crippen molar-refractivity contribution in [2.24, 2.45) is 19.5 Å². The minimum Gasteiger partial charge on any atom is -0.380 e. The topological polar surface area (TPSA) is 86.9 Å². The fraction of sp³-hybridized carbons (Fsp3) is 0.357. The molecule has 6 rings (SSSR count). The van der Waals surface area contributed by atoms with Crippen molar-refractivity contribution in [2.75, 3.05) is 13.2 Å². The van der Waals surface area contributed by atoms with Crippen LogP contribution in [0.15, 0.2) is 54.9 Å². The molecule has 2 aliphatic rings. The van der Waals surface area contributed by atoms with E-state index in [1.54, 1.807) is 9.36 Å². The second-order valence-electron chi connectivity index (χ2n) is 10.3. The summed E-state index contributed by atoms with van der Waals surface area (Å²) in [5, 5.41) is 12.2. The van der Waals surface area contributed by atoms with E-state index in [1.807, 2.05) is 44.7 Å². The van der Waals surface area contributed by atoms with Crippen molar-refractivity contribution >= 4 is 5.91 Å². The number of nitrogens with zero attached hydrogens (tertiary/aromatic N) is 5. The third-order valence-corrected chi connectivity index (χ3v) is 7.44. The van der Waals surface area contributed by atoms with E-state index in [-0.39, 0.29) is 11.9 Å². The van der Waals surface area contributed by atoms with Gasteiger partial charge < -0.3 is 10.1 Å². The molecule has 1 aromatic carbocycles. The summed E-state index contributed by atoms with van der Waals surface area (Å²) in [7, 11) is 3.80. The van der Waals surface area contributed by atoms with Crippen LogP contribution in [0.5, 0.6) is 0 Å². The molecule has 0 atom stereocenters. The fourth-order valence-corrected chi connectivity index (χ4v) is 5.31. The number of benzene rings is 1. The Morgan fingerprint density at radius 1 is 1.03 bits per heavy atom. The molecule has 3 aromatic heterocycles. The number of rotatable bonds is 6. The number of nitrogens with one attached hydrogen (secondary N) is 1. The molecule has 4 aromatic rings. The molecule has 2 fully saturated rings. The van der Waals surface area contributed by atoms with Gasteiger partial charge in [-0.3, -0.25) is 14.2 Å². The number of amides is 1. The SMILES string of the molecule is Cc1c(Cc2ccc(-c3ccn(C)n3)cc2)cc(C(=O)NC2CC3(COC3)C2)nc1-c1ccn(C)n1. The third-order valence-electron chi connectivity index (χ3n) is 7.44. The first-order chi connectivity index (χ1) is 17.4. The van der Waals surface area contributed by atoms with Gasteiger partial charge in [0.25, 0.3) is 5.91 Å². The quantitative estimate of drug-likeness (QED) is 0.453. The molecule has 1 aliphatic heterocycles. The summed E-state index contributed by atoms with van der Waals surface area (Å²) in [5.41, 5.74) is 7.55. The Bertz CT molecular complexity index is 1420. The van der Waals surface area contributed by atoms with Crippen LogP contribution < -0.4 is 5.32 Å². The molecule has 184 valence electrons. The standard InChI is InChI=1S/C28H30N6O2/c1-18-21(12-19-4-6-20(7-5-19)23-8-10-33(2)31-23)13-25(30-26(18)24-9-11-34(3)32-24)27(35)29-22-14-28(15-22)16-36-17-28/h4-11,13,22H,12,14-17H2,1-3H3,(H,29,35). The third kappa shape index (κ3) is 4.22. The molecule has 0 radical (unpaired) electrons.